The van der Waals surface area contributed by atoms with Crippen LogP contribution in [-0.2, 0) is 11.2 Å². The summed E-state index contributed by atoms with van der Waals surface area (Å²) in [5.74, 6) is 1.69. The third-order valence-electron chi connectivity index (χ3n) is 4.77. The average Bonchev–Trinajstić information content (AvgIpc) is 2.70. The standard InChI is InChI=1S/C22H25NO4/c1-16(24)17-7-9-19(10-8-17)27-14-4-6-22(25)23-13-3-5-18-15-20(26-2)11-12-21(18)23/h7-12,15H,3-6,13-14H2,1-2H3. The minimum absolute atomic E-state index is 0.0339. The van der Waals surface area contributed by atoms with Crippen LogP contribution in [-0.4, -0.2) is 32.0 Å². The summed E-state index contributed by atoms with van der Waals surface area (Å²) < 4.78 is 11.0. The summed E-state index contributed by atoms with van der Waals surface area (Å²) in [5, 5.41) is 0. The van der Waals surface area contributed by atoms with Crippen molar-refractivity contribution in [1.29, 1.82) is 0 Å². The van der Waals surface area contributed by atoms with E-state index in [2.05, 4.69) is 0 Å². The lowest BCUT2D eigenvalue weighted by molar-refractivity contribution is -0.118. The minimum Gasteiger partial charge on any atom is -0.497 e. The molecule has 0 fully saturated rings. The molecule has 1 amide bonds. The third-order valence-corrected chi connectivity index (χ3v) is 4.77. The molecule has 0 bridgehead atoms. The highest BCUT2D eigenvalue weighted by molar-refractivity contribution is 5.95. The summed E-state index contributed by atoms with van der Waals surface area (Å²) in [6.07, 6.45) is 3.02. The van der Waals surface area contributed by atoms with Gasteiger partial charge in [0.15, 0.2) is 5.78 Å². The summed E-state index contributed by atoms with van der Waals surface area (Å²) in [4.78, 5) is 25.8. The second-order valence-electron chi connectivity index (χ2n) is 6.68. The van der Waals surface area contributed by atoms with Crippen LogP contribution in [0, 0.1) is 0 Å². The first kappa shape index (κ1) is 19.0. The molecule has 0 unspecified atom stereocenters. The van der Waals surface area contributed by atoms with Gasteiger partial charge in [-0.05, 0) is 74.2 Å². The summed E-state index contributed by atoms with van der Waals surface area (Å²) in [6.45, 7) is 2.76. The zero-order valence-electron chi connectivity index (χ0n) is 15.9. The van der Waals surface area contributed by atoms with Gasteiger partial charge < -0.3 is 14.4 Å². The lowest BCUT2D eigenvalue weighted by Crippen LogP contribution is -2.35. The number of anilines is 1. The maximum Gasteiger partial charge on any atom is 0.227 e. The van der Waals surface area contributed by atoms with E-state index in [9.17, 15) is 9.59 Å². The van der Waals surface area contributed by atoms with Gasteiger partial charge in [0.05, 0.1) is 13.7 Å². The number of carbonyl (C=O) groups excluding carboxylic acids is 2. The fraction of sp³-hybridized carbons (Fsp3) is 0.364. The highest BCUT2D eigenvalue weighted by Gasteiger charge is 2.22. The number of rotatable bonds is 7. The second-order valence-corrected chi connectivity index (χ2v) is 6.68. The Morgan fingerprint density at radius 3 is 2.52 bits per heavy atom. The maximum absolute atomic E-state index is 12.6. The SMILES string of the molecule is COc1ccc2c(c1)CCCN2C(=O)CCCOc1ccc(C(C)=O)cc1. The molecule has 142 valence electrons. The Morgan fingerprint density at radius 2 is 1.81 bits per heavy atom. The number of Topliss-reactive ketones (excluding diaryl/α,β-unsaturated/α-hetero) is 1. The molecule has 0 spiro atoms. The lowest BCUT2D eigenvalue weighted by Gasteiger charge is -2.30. The van der Waals surface area contributed by atoms with Crippen molar-refractivity contribution in [1.82, 2.24) is 0 Å². The Kier molecular flexibility index (Phi) is 6.12. The summed E-state index contributed by atoms with van der Waals surface area (Å²) >= 11 is 0. The van der Waals surface area contributed by atoms with Crippen molar-refractivity contribution in [2.45, 2.75) is 32.6 Å². The van der Waals surface area contributed by atoms with E-state index in [0.717, 1.165) is 36.4 Å². The third kappa shape index (κ3) is 4.67. The van der Waals surface area contributed by atoms with Gasteiger partial charge in [-0.25, -0.2) is 0 Å². The first-order chi connectivity index (χ1) is 13.1. The van der Waals surface area contributed by atoms with Gasteiger partial charge in [0.1, 0.15) is 11.5 Å². The van der Waals surface area contributed by atoms with Gasteiger partial charge in [-0.1, -0.05) is 0 Å². The number of carbonyl (C=O) groups is 2. The van der Waals surface area contributed by atoms with Crippen molar-refractivity contribution in [3.05, 3.63) is 53.6 Å². The largest absolute Gasteiger partial charge is 0.497 e. The molecule has 1 aliphatic rings. The summed E-state index contributed by atoms with van der Waals surface area (Å²) in [7, 11) is 1.65. The summed E-state index contributed by atoms with van der Waals surface area (Å²) in [6, 6.07) is 13.0. The zero-order chi connectivity index (χ0) is 19.2. The normalized spacial score (nSPS) is 13.0. The Morgan fingerprint density at radius 1 is 1.07 bits per heavy atom. The number of amides is 1. The quantitative estimate of drug-likeness (QED) is 0.547. The number of hydrogen-bond acceptors (Lipinski definition) is 4. The second kappa shape index (κ2) is 8.71. The van der Waals surface area contributed by atoms with Crippen LogP contribution in [0.5, 0.6) is 11.5 Å². The molecule has 0 saturated heterocycles. The first-order valence-electron chi connectivity index (χ1n) is 9.29. The molecule has 0 N–H and O–H groups in total. The number of aryl methyl sites for hydroxylation is 1. The monoisotopic (exact) mass is 367 g/mol. The van der Waals surface area contributed by atoms with Gasteiger partial charge in [-0.15, -0.1) is 0 Å². The molecule has 27 heavy (non-hydrogen) atoms. The topological polar surface area (TPSA) is 55.8 Å². The van der Waals surface area contributed by atoms with Crippen molar-refractivity contribution >= 4 is 17.4 Å². The van der Waals surface area contributed by atoms with Gasteiger partial charge in [0, 0.05) is 24.2 Å². The predicted molar refractivity (Wildman–Crippen MR) is 105 cm³/mol. The van der Waals surface area contributed by atoms with E-state index in [1.165, 1.54) is 6.92 Å². The van der Waals surface area contributed by atoms with E-state index in [-0.39, 0.29) is 11.7 Å². The van der Waals surface area contributed by atoms with Crippen LogP contribution in [0.3, 0.4) is 0 Å². The molecule has 0 aromatic heterocycles. The minimum atomic E-state index is 0.0339. The number of benzene rings is 2. The van der Waals surface area contributed by atoms with Gasteiger partial charge >= 0.3 is 0 Å². The van der Waals surface area contributed by atoms with E-state index in [1.807, 2.05) is 23.1 Å². The fourth-order valence-corrected chi connectivity index (χ4v) is 3.29. The van der Waals surface area contributed by atoms with Crippen LogP contribution >= 0.6 is 0 Å². The smallest absolute Gasteiger partial charge is 0.227 e. The molecule has 1 heterocycles. The first-order valence-corrected chi connectivity index (χ1v) is 9.29. The molecular formula is C22H25NO4. The van der Waals surface area contributed by atoms with Crippen molar-refractivity contribution in [3.8, 4) is 11.5 Å². The highest BCUT2D eigenvalue weighted by Crippen LogP contribution is 2.31. The number of methoxy groups -OCH3 is 1. The number of nitrogens with zero attached hydrogens (tertiary/aromatic N) is 1. The van der Waals surface area contributed by atoms with Crippen LogP contribution < -0.4 is 14.4 Å². The number of ether oxygens (including phenoxy) is 2. The lowest BCUT2D eigenvalue weighted by atomic mass is 10.0. The molecule has 2 aromatic rings. The molecule has 0 atom stereocenters. The zero-order valence-corrected chi connectivity index (χ0v) is 15.9. The van der Waals surface area contributed by atoms with Gasteiger partial charge in [-0.2, -0.15) is 0 Å². The van der Waals surface area contributed by atoms with Gasteiger partial charge in [0.2, 0.25) is 5.91 Å². The van der Waals surface area contributed by atoms with Gasteiger partial charge in [0.25, 0.3) is 0 Å². The Hall–Kier alpha value is -2.82. The molecule has 0 aliphatic carbocycles. The number of fused-ring (bicyclic) bond motifs is 1. The molecular weight excluding hydrogens is 342 g/mol. The van der Waals surface area contributed by atoms with Crippen LogP contribution in [0.25, 0.3) is 0 Å². The predicted octanol–water partition coefficient (Wildman–Crippen LogP) is 4.04. The van der Waals surface area contributed by atoms with Crippen molar-refractivity contribution in [2.24, 2.45) is 0 Å². The van der Waals surface area contributed by atoms with Crippen molar-refractivity contribution in [3.63, 3.8) is 0 Å². The average molecular weight is 367 g/mol. The Balaban J connectivity index is 1.51. The van der Waals surface area contributed by atoms with E-state index in [0.29, 0.717) is 30.8 Å². The summed E-state index contributed by atoms with van der Waals surface area (Å²) in [5.41, 5.74) is 2.82. The van der Waals surface area contributed by atoms with Crippen molar-refractivity contribution < 1.29 is 19.1 Å². The number of ketones is 1. The highest BCUT2D eigenvalue weighted by atomic mass is 16.5. The van der Waals surface area contributed by atoms with Crippen molar-refractivity contribution in [2.75, 3.05) is 25.2 Å². The van der Waals surface area contributed by atoms with Gasteiger partial charge in [-0.3, -0.25) is 9.59 Å². The molecule has 2 aromatic carbocycles. The molecule has 0 saturated carbocycles. The Bertz CT molecular complexity index is 814. The van der Waals surface area contributed by atoms with E-state index in [1.54, 1.807) is 31.4 Å². The van der Waals surface area contributed by atoms with Crippen LogP contribution in [0.4, 0.5) is 5.69 Å². The van der Waals surface area contributed by atoms with E-state index in [4.69, 9.17) is 9.47 Å². The number of hydrogen-bond donors (Lipinski definition) is 0. The fourth-order valence-electron chi connectivity index (χ4n) is 3.29. The Labute approximate surface area is 159 Å². The molecule has 5 heteroatoms. The maximum atomic E-state index is 12.6. The molecule has 5 nitrogen and oxygen atoms in total. The van der Waals surface area contributed by atoms with Crippen LogP contribution in [0.1, 0.15) is 42.1 Å². The molecule has 0 radical (unpaired) electrons. The van der Waals surface area contributed by atoms with Crippen LogP contribution in [0.15, 0.2) is 42.5 Å². The molecule has 3 rings (SSSR count). The van der Waals surface area contributed by atoms with E-state index < -0.39 is 0 Å². The van der Waals surface area contributed by atoms with E-state index >= 15 is 0 Å². The van der Waals surface area contributed by atoms with Crippen LogP contribution in [0.2, 0.25) is 0 Å². The molecule has 1 aliphatic heterocycles.